The molecule has 0 unspecified atom stereocenters. The summed E-state index contributed by atoms with van der Waals surface area (Å²) in [6.07, 6.45) is 3.24. The normalized spacial score (nSPS) is 60.0. The Balaban J connectivity index is 1.87. The van der Waals surface area contributed by atoms with Crippen LogP contribution in [0.4, 0.5) is 0 Å². The van der Waals surface area contributed by atoms with Gasteiger partial charge in [-0.15, -0.1) is 0 Å². The van der Waals surface area contributed by atoms with Gasteiger partial charge in [0.2, 0.25) is 0 Å². The van der Waals surface area contributed by atoms with Crippen LogP contribution in [0.3, 0.4) is 0 Å². The zero-order chi connectivity index (χ0) is 10.2. The highest BCUT2D eigenvalue weighted by atomic mass is 16.4. The van der Waals surface area contributed by atoms with Crippen molar-refractivity contribution < 1.29 is 10.4 Å². The summed E-state index contributed by atoms with van der Waals surface area (Å²) in [5.41, 5.74) is 1.95. The molecule has 2 bridgehead atoms. The summed E-state index contributed by atoms with van der Waals surface area (Å²) in [5, 5.41) is 25.0. The van der Waals surface area contributed by atoms with Gasteiger partial charge in [0, 0.05) is 11.8 Å². The van der Waals surface area contributed by atoms with Gasteiger partial charge in [-0.05, 0) is 42.9 Å². The molecule has 6 atom stereocenters. The molecule has 0 spiro atoms. The summed E-state index contributed by atoms with van der Waals surface area (Å²) in [5.74, 6) is 3.65. The number of rotatable bonds is 0. The third-order valence-electron chi connectivity index (χ3n) is 5.42. The average molecular weight is 206 g/mol. The standard InChI is InChI=1S/C11H14N2O2/c14-12-8-2-4-5-3-9(13-15)11-7(5)1-6(4)10(8)11/h4-7,10-11,14-15H,1-3H2/b12-8-,13-9-/t4-,5-,6-,7-,10-,11+/m1/s1. The molecule has 0 amide bonds. The van der Waals surface area contributed by atoms with Crippen LogP contribution in [0.25, 0.3) is 0 Å². The third kappa shape index (κ3) is 0.703. The van der Waals surface area contributed by atoms with Gasteiger partial charge >= 0.3 is 0 Å². The fourth-order valence-electron chi connectivity index (χ4n) is 5.14. The Labute approximate surface area is 87.7 Å². The summed E-state index contributed by atoms with van der Waals surface area (Å²) in [6, 6.07) is 0. The third-order valence-corrected chi connectivity index (χ3v) is 5.42. The molecule has 0 aliphatic heterocycles. The number of nitrogens with zero attached hydrogens (tertiary/aromatic N) is 2. The van der Waals surface area contributed by atoms with E-state index in [4.69, 9.17) is 10.4 Å². The number of fused-ring (bicyclic) bond motifs is 2. The van der Waals surface area contributed by atoms with Crippen molar-refractivity contribution in [2.75, 3.05) is 0 Å². The van der Waals surface area contributed by atoms with E-state index in [9.17, 15) is 0 Å². The minimum absolute atomic E-state index is 0.398. The van der Waals surface area contributed by atoms with Gasteiger partial charge in [-0.25, -0.2) is 0 Å². The van der Waals surface area contributed by atoms with Crippen molar-refractivity contribution in [1.29, 1.82) is 0 Å². The molecule has 80 valence electrons. The monoisotopic (exact) mass is 206 g/mol. The first-order valence-corrected chi connectivity index (χ1v) is 5.76. The lowest BCUT2D eigenvalue weighted by molar-refractivity contribution is 0.240. The van der Waals surface area contributed by atoms with Gasteiger partial charge in [0.15, 0.2) is 0 Å². The van der Waals surface area contributed by atoms with Crippen LogP contribution < -0.4 is 0 Å². The zero-order valence-corrected chi connectivity index (χ0v) is 8.37. The second-order valence-electron chi connectivity index (χ2n) is 5.53. The molecule has 4 aliphatic rings. The first-order chi connectivity index (χ1) is 7.35. The number of hydrogen-bond donors (Lipinski definition) is 2. The highest BCUT2D eigenvalue weighted by Crippen LogP contribution is 2.68. The van der Waals surface area contributed by atoms with Crippen molar-refractivity contribution in [3.63, 3.8) is 0 Å². The Morgan fingerprint density at radius 1 is 0.800 bits per heavy atom. The molecule has 0 aromatic carbocycles. The molecule has 4 fully saturated rings. The molecule has 0 aromatic heterocycles. The van der Waals surface area contributed by atoms with Gasteiger partial charge in [-0.2, -0.15) is 0 Å². The van der Waals surface area contributed by atoms with E-state index >= 15 is 0 Å². The second kappa shape index (κ2) is 2.36. The average Bonchev–Trinajstić information content (AvgIpc) is 2.83. The van der Waals surface area contributed by atoms with Gasteiger partial charge in [-0.1, -0.05) is 10.3 Å². The smallest absolute Gasteiger partial charge is 0.0614 e. The predicted octanol–water partition coefficient (Wildman–Crippen LogP) is 1.57. The van der Waals surface area contributed by atoms with Crippen molar-refractivity contribution in [2.24, 2.45) is 45.8 Å². The first kappa shape index (κ1) is 8.13. The lowest BCUT2D eigenvalue weighted by atomic mass is 9.79. The van der Waals surface area contributed by atoms with Crippen LogP contribution in [0.1, 0.15) is 19.3 Å². The van der Waals surface area contributed by atoms with E-state index in [1.165, 1.54) is 6.42 Å². The topological polar surface area (TPSA) is 65.2 Å². The molecule has 2 N–H and O–H groups in total. The van der Waals surface area contributed by atoms with Crippen molar-refractivity contribution in [3.8, 4) is 0 Å². The number of hydrogen-bond acceptors (Lipinski definition) is 4. The quantitative estimate of drug-likeness (QED) is 0.466. The van der Waals surface area contributed by atoms with E-state index in [1.807, 2.05) is 0 Å². The molecule has 4 rings (SSSR count). The second-order valence-corrected chi connectivity index (χ2v) is 5.53. The largest absolute Gasteiger partial charge is 0.411 e. The highest BCUT2D eigenvalue weighted by Gasteiger charge is 2.67. The Morgan fingerprint density at radius 2 is 1.27 bits per heavy atom. The summed E-state index contributed by atoms with van der Waals surface area (Å²) in [7, 11) is 0. The van der Waals surface area contributed by atoms with Crippen molar-refractivity contribution in [1.82, 2.24) is 0 Å². The molecular weight excluding hydrogens is 192 g/mol. The van der Waals surface area contributed by atoms with Crippen LogP contribution in [0.15, 0.2) is 10.3 Å². The summed E-state index contributed by atoms with van der Waals surface area (Å²) < 4.78 is 0. The van der Waals surface area contributed by atoms with E-state index in [2.05, 4.69) is 10.3 Å². The van der Waals surface area contributed by atoms with Gasteiger partial charge in [-0.3, -0.25) is 0 Å². The highest BCUT2D eigenvalue weighted by molar-refractivity contribution is 6.00. The lowest BCUT2D eigenvalue weighted by Gasteiger charge is -2.24. The van der Waals surface area contributed by atoms with Crippen molar-refractivity contribution in [2.45, 2.75) is 19.3 Å². The van der Waals surface area contributed by atoms with Crippen molar-refractivity contribution >= 4 is 11.4 Å². The Morgan fingerprint density at radius 3 is 1.67 bits per heavy atom. The molecule has 4 heteroatoms. The van der Waals surface area contributed by atoms with Crippen LogP contribution in [0, 0.1) is 35.5 Å². The molecule has 0 heterocycles. The molecule has 0 aromatic rings. The van der Waals surface area contributed by atoms with Gasteiger partial charge in [0.25, 0.3) is 0 Å². The zero-order valence-electron chi connectivity index (χ0n) is 8.37. The first-order valence-electron chi connectivity index (χ1n) is 5.76. The van der Waals surface area contributed by atoms with E-state index < -0.39 is 0 Å². The predicted molar refractivity (Wildman–Crippen MR) is 53.2 cm³/mol. The summed E-state index contributed by atoms with van der Waals surface area (Å²) in [4.78, 5) is 0. The van der Waals surface area contributed by atoms with Crippen LogP contribution in [-0.2, 0) is 0 Å². The molecule has 15 heavy (non-hydrogen) atoms. The number of oxime groups is 2. The Hall–Kier alpha value is -1.06. The van der Waals surface area contributed by atoms with Gasteiger partial charge in [0.1, 0.15) is 0 Å². The van der Waals surface area contributed by atoms with Crippen LogP contribution in [0.2, 0.25) is 0 Å². The molecule has 4 saturated carbocycles. The summed E-state index contributed by atoms with van der Waals surface area (Å²) >= 11 is 0. The SMILES string of the molecule is O/N=C1/C[C@@H]2[C@H]3C/C(=N/O)[C@H]4[C@@H]3C[C@H]2[C@@H]14. The maximum atomic E-state index is 9.02. The molecule has 0 radical (unpaired) electrons. The fraction of sp³-hybridized carbons (Fsp3) is 0.818. The van der Waals surface area contributed by atoms with E-state index in [-0.39, 0.29) is 0 Å². The maximum Gasteiger partial charge on any atom is 0.0614 e. The molecule has 4 aliphatic carbocycles. The van der Waals surface area contributed by atoms with Crippen LogP contribution in [-0.4, -0.2) is 21.8 Å². The minimum Gasteiger partial charge on any atom is -0.411 e. The maximum absolute atomic E-state index is 9.02. The fourth-order valence-corrected chi connectivity index (χ4v) is 5.14. The van der Waals surface area contributed by atoms with Crippen LogP contribution in [0.5, 0.6) is 0 Å². The van der Waals surface area contributed by atoms with Gasteiger partial charge < -0.3 is 10.4 Å². The van der Waals surface area contributed by atoms with Crippen LogP contribution >= 0.6 is 0 Å². The lowest BCUT2D eigenvalue weighted by Crippen LogP contribution is -2.26. The Bertz CT molecular complexity index is 350. The van der Waals surface area contributed by atoms with Gasteiger partial charge in [0.05, 0.1) is 11.4 Å². The summed E-state index contributed by atoms with van der Waals surface area (Å²) in [6.45, 7) is 0. The Kier molecular flexibility index (Phi) is 1.28. The van der Waals surface area contributed by atoms with E-state index in [0.717, 1.165) is 36.1 Å². The van der Waals surface area contributed by atoms with Crippen molar-refractivity contribution in [3.05, 3.63) is 0 Å². The molecular formula is C11H14N2O2. The van der Waals surface area contributed by atoms with E-state index in [1.54, 1.807) is 0 Å². The molecule has 4 nitrogen and oxygen atoms in total. The molecule has 0 saturated heterocycles. The minimum atomic E-state index is 0.398. The van der Waals surface area contributed by atoms with E-state index in [0.29, 0.717) is 23.7 Å².